The first-order valence-electron chi connectivity index (χ1n) is 5.57. The molecule has 15 heavy (non-hydrogen) atoms. The van der Waals surface area contributed by atoms with Crippen LogP contribution < -0.4 is 5.32 Å². The Bertz CT molecular complexity index is 288. The molecule has 1 aromatic rings. The van der Waals surface area contributed by atoms with Gasteiger partial charge in [-0.25, -0.2) is 0 Å². The van der Waals surface area contributed by atoms with E-state index in [1.165, 1.54) is 0 Å². The summed E-state index contributed by atoms with van der Waals surface area (Å²) in [6.07, 6.45) is 2.19. The average Bonchev–Trinajstić information content (AvgIpc) is 2.60. The molecule has 0 bridgehead atoms. The van der Waals surface area contributed by atoms with Crippen LogP contribution in [0.2, 0.25) is 0 Å². The fraction of sp³-hybridized carbons (Fsp3) is 0.818. The highest BCUT2D eigenvalue weighted by molar-refractivity contribution is 7.11. The van der Waals surface area contributed by atoms with E-state index in [1.54, 1.807) is 11.3 Å². The van der Waals surface area contributed by atoms with Gasteiger partial charge in [0.2, 0.25) is 0 Å². The van der Waals surface area contributed by atoms with Crippen LogP contribution >= 0.6 is 11.3 Å². The van der Waals surface area contributed by atoms with Crippen molar-refractivity contribution in [2.24, 2.45) is 0 Å². The summed E-state index contributed by atoms with van der Waals surface area (Å²) in [6, 6.07) is 0. The Morgan fingerprint density at radius 2 is 2.00 bits per heavy atom. The number of nitrogens with zero attached hydrogens (tertiary/aromatic N) is 2. The molecule has 1 aromatic heterocycles. The molecule has 0 unspecified atom stereocenters. The molecule has 0 aliphatic heterocycles. The standard InChI is InChI=1S/C11H21N3S/c1-5-12-8-6-7-9-13-14-10(15-9)11(2,3)4/h12H,5-8H2,1-4H3. The van der Waals surface area contributed by atoms with Gasteiger partial charge in [-0.15, -0.1) is 21.5 Å². The quantitative estimate of drug-likeness (QED) is 0.785. The molecule has 0 spiro atoms. The summed E-state index contributed by atoms with van der Waals surface area (Å²) >= 11 is 1.75. The second-order valence-corrected chi connectivity index (χ2v) is 5.77. The maximum absolute atomic E-state index is 4.23. The van der Waals surface area contributed by atoms with E-state index in [1.807, 2.05) is 0 Å². The second kappa shape index (κ2) is 5.56. The van der Waals surface area contributed by atoms with Crippen LogP contribution in [0.1, 0.15) is 44.1 Å². The lowest BCUT2D eigenvalue weighted by Gasteiger charge is -2.12. The van der Waals surface area contributed by atoms with Crippen molar-refractivity contribution < 1.29 is 0 Å². The first-order chi connectivity index (χ1) is 7.04. The fourth-order valence-corrected chi connectivity index (χ4v) is 2.14. The summed E-state index contributed by atoms with van der Waals surface area (Å²) < 4.78 is 0. The molecule has 4 heteroatoms. The predicted molar refractivity (Wildman–Crippen MR) is 65.5 cm³/mol. The summed E-state index contributed by atoms with van der Waals surface area (Å²) in [7, 11) is 0. The van der Waals surface area contributed by atoms with Gasteiger partial charge in [-0.05, 0) is 19.5 Å². The van der Waals surface area contributed by atoms with Crippen molar-refractivity contribution in [3.63, 3.8) is 0 Å². The van der Waals surface area contributed by atoms with Crippen LogP contribution in [0.3, 0.4) is 0 Å². The van der Waals surface area contributed by atoms with Gasteiger partial charge in [0.25, 0.3) is 0 Å². The zero-order chi connectivity index (χ0) is 11.3. The van der Waals surface area contributed by atoms with Crippen molar-refractivity contribution in [3.05, 3.63) is 10.0 Å². The van der Waals surface area contributed by atoms with Crippen LogP contribution in [0.25, 0.3) is 0 Å². The monoisotopic (exact) mass is 227 g/mol. The second-order valence-electron chi connectivity index (χ2n) is 4.71. The Morgan fingerprint density at radius 3 is 2.53 bits per heavy atom. The number of hydrogen-bond donors (Lipinski definition) is 1. The zero-order valence-electron chi connectivity index (χ0n) is 10.1. The molecule has 0 saturated carbocycles. The normalized spacial score (nSPS) is 12.0. The van der Waals surface area contributed by atoms with Crippen LogP contribution in [0.5, 0.6) is 0 Å². The van der Waals surface area contributed by atoms with Crippen molar-refractivity contribution in [1.29, 1.82) is 0 Å². The first kappa shape index (κ1) is 12.6. The van der Waals surface area contributed by atoms with E-state index in [2.05, 4.69) is 43.2 Å². The molecule has 1 rings (SSSR count). The van der Waals surface area contributed by atoms with Crippen LogP contribution in [-0.4, -0.2) is 23.3 Å². The molecule has 0 fully saturated rings. The largest absolute Gasteiger partial charge is 0.317 e. The van der Waals surface area contributed by atoms with Crippen molar-refractivity contribution in [2.75, 3.05) is 13.1 Å². The van der Waals surface area contributed by atoms with Crippen LogP contribution in [0.15, 0.2) is 0 Å². The van der Waals surface area contributed by atoms with E-state index in [0.717, 1.165) is 35.9 Å². The number of hydrogen-bond acceptors (Lipinski definition) is 4. The van der Waals surface area contributed by atoms with E-state index in [-0.39, 0.29) is 5.41 Å². The highest BCUT2D eigenvalue weighted by Gasteiger charge is 2.18. The molecule has 1 heterocycles. The third-order valence-electron chi connectivity index (χ3n) is 2.10. The summed E-state index contributed by atoms with van der Waals surface area (Å²) in [4.78, 5) is 0. The van der Waals surface area contributed by atoms with Gasteiger partial charge in [0, 0.05) is 11.8 Å². The van der Waals surface area contributed by atoms with Gasteiger partial charge < -0.3 is 5.32 Å². The van der Waals surface area contributed by atoms with Crippen molar-refractivity contribution in [2.45, 2.75) is 46.0 Å². The Kier molecular flexibility index (Phi) is 4.67. The predicted octanol–water partition coefficient (Wildman–Crippen LogP) is 2.38. The third-order valence-corrected chi connectivity index (χ3v) is 3.51. The van der Waals surface area contributed by atoms with E-state index >= 15 is 0 Å². The van der Waals surface area contributed by atoms with Gasteiger partial charge in [0.1, 0.15) is 10.0 Å². The van der Waals surface area contributed by atoms with E-state index in [0.29, 0.717) is 0 Å². The van der Waals surface area contributed by atoms with Crippen molar-refractivity contribution >= 4 is 11.3 Å². The van der Waals surface area contributed by atoms with Crippen molar-refractivity contribution in [1.82, 2.24) is 15.5 Å². The first-order valence-corrected chi connectivity index (χ1v) is 6.39. The highest BCUT2D eigenvalue weighted by Crippen LogP contribution is 2.25. The van der Waals surface area contributed by atoms with E-state index in [4.69, 9.17) is 0 Å². The van der Waals surface area contributed by atoms with Gasteiger partial charge in [-0.1, -0.05) is 27.7 Å². The van der Waals surface area contributed by atoms with Crippen LogP contribution in [0, 0.1) is 0 Å². The average molecular weight is 227 g/mol. The molecule has 0 atom stereocenters. The third kappa shape index (κ3) is 4.26. The number of rotatable bonds is 5. The minimum atomic E-state index is 0.136. The SMILES string of the molecule is CCNCCCc1nnc(C(C)(C)C)s1. The summed E-state index contributed by atoms with van der Waals surface area (Å²) in [6.45, 7) is 10.8. The Morgan fingerprint density at radius 1 is 1.27 bits per heavy atom. The zero-order valence-corrected chi connectivity index (χ0v) is 10.9. The minimum absolute atomic E-state index is 0.136. The molecule has 0 saturated heterocycles. The Hall–Kier alpha value is -0.480. The lowest BCUT2D eigenvalue weighted by molar-refractivity contribution is 0.577. The molecule has 0 aromatic carbocycles. The van der Waals surface area contributed by atoms with Gasteiger partial charge in [-0.3, -0.25) is 0 Å². The molecule has 3 nitrogen and oxygen atoms in total. The van der Waals surface area contributed by atoms with Crippen LogP contribution in [0.4, 0.5) is 0 Å². The molecule has 1 N–H and O–H groups in total. The summed E-state index contributed by atoms with van der Waals surface area (Å²) in [5, 5.41) is 14.1. The van der Waals surface area contributed by atoms with Gasteiger partial charge in [-0.2, -0.15) is 0 Å². The van der Waals surface area contributed by atoms with E-state index < -0.39 is 0 Å². The topological polar surface area (TPSA) is 37.8 Å². The lowest BCUT2D eigenvalue weighted by atomic mass is 9.98. The number of nitrogens with one attached hydrogen (secondary N) is 1. The molecule has 86 valence electrons. The maximum atomic E-state index is 4.23. The molecule has 0 radical (unpaired) electrons. The number of aryl methyl sites for hydroxylation is 1. The molecule has 0 aliphatic rings. The Balaban J connectivity index is 2.40. The molecular weight excluding hydrogens is 206 g/mol. The Labute approximate surface area is 96.3 Å². The molecule has 0 aliphatic carbocycles. The number of aromatic nitrogens is 2. The van der Waals surface area contributed by atoms with Crippen molar-refractivity contribution in [3.8, 4) is 0 Å². The minimum Gasteiger partial charge on any atom is -0.317 e. The smallest absolute Gasteiger partial charge is 0.122 e. The lowest BCUT2D eigenvalue weighted by Crippen LogP contribution is -2.14. The fourth-order valence-electron chi connectivity index (χ4n) is 1.20. The van der Waals surface area contributed by atoms with Gasteiger partial charge in [0.15, 0.2) is 0 Å². The summed E-state index contributed by atoms with van der Waals surface area (Å²) in [5.41, 5.74) is 0.136. The molecule has 0 amide bonds. The van der Waals surface area contributed by atoms with E-state index in [9.17, 15) is 0 Å². The summed E-state index contributed by atoms with van der Waals surface area (Å²) in [5.74, 6) is 0. The van der Waals surface area contributed by atoms with Gasteiger partial charge in [0.05, 0.1) is 0 Å². The van der Waals surface area contributed by atoms with Crippen LogP contribution in [-0.2, 0) is 11.8 Å². The highest BCUT2D eigenvalue weighted by atomic mass is 32.1. The maximum Gasteiger partial charge on any atom is 0.122 e. The molecular formula is C11H21N3S. The van der Waals surface area contributed by atoms with Gasteiger partial charge >= 0.3 is 0 Å².